The summed E-state index contributed by atoms with van der Waals surface area (Å²) in [6.45, 7) is 4.21. The zero-order chi connectivity index (χ0) is 9.84. The van der Waals surface area contributed by atoms with Gasteiger partial charge in [-0.3, -0.25) is 0 Å². The molecule has 1 aromatic heterocycles. The van der Waals surface area contributed by atoms with Crippen molar-refractivity contribution >= 4 is 28.2 Å². The van der Waals surface area contributed by atoms with Gasteiger partial charge in [0, 0.05) is 12.4 Å². The van der Waals surface area contributed by atoms with Crippen molar-refractivity contribution in [3.63, 3.8) is 0 Å². The van der Waals surface area contributed by atoms with Gasteiger partial charge in [0.1, 0.15) is 0 Å². The number of nitrogens with zero attached hydrogens (tertiary/aromatic N) is 1. The zero-order valence-corrected chi connectivity index (χ0v) is 9.41. The van der Waals surface area contributed by atoms with Crippen molar-refractivity contribution in [3.05, 3.63) is 5.69 Å². The van der Waals surface area contributed by atoms with Gasteiger partial charge in [0.15, 0.2) is 5.13 Å². The molecule has 0 aliphatic rings. The Morgan fingerprint density at radius 2 is 2.38 bits per heavy atom. The molecule has 1 unspecified atom stereocenters. The van der Waals surface area contributed by atoms with E-state index in [1.54, 1.807) is 11.8 Å². The molecule has 0 bridgehead atoms. The van der Waals surface area contributed by atoms with Crippen molar-refractivity contribution in [1.29, 1.82) is 0 Å². The molecule has 3 nitrogen and oxygen atoms in total. The molecule has 3 N–H and O–H groups in total. The normalized spacial score (nSPS) is 13.2. The Morgan fingerprint density at radius 1 is 1.69 bits per heavy atom. The lowest BCUT2D eigenvalue weighted by atomic mass is 10.2. The number of aryl methyl sites for hydroxylation is 1. The lowest BCUT2D eigenvalue weighted by molar-refractivity contribution is 0.250. The summed E-state index contributed by atoms with van der Waals surface area (Å²) in [5, 5.41) is 9.46. The third kappa shape index (κ3) is 3.17. The maximum absolute atomic E-state index is 8.84. The van der Waals surface area contributed by atoms with E-state index in [-0.39, 0.29) is 6.61 Å². The van der Waals surface area contributed by atoms with E-state index in [9.17, 15) is 0 Å². The zero-order valence-electron chi connectivity index (χ0n) is 7.78. The highest BCUT2D eigenvalue weighted by atomic mass is 32.2. The SMILES string of the molecule is Cc1nc(N)sc1SCC(C)CO. The fourth-order valence-corrected chi connectivity index (χ4v) is 2.86. The second-order valence-corrected chi connectivity index (χ2v) is 5.34. The van der Waals surface area contributed by atoms with Crippen molar-refractivity contribution in [2.75, 3.05) is 18.1 Å². The summed E-state index contributed by atoms with van der Waals surface area (Å²) in [6, 6.07) is 0. The van der Waals surface area contributed by atoms with E-state index in [0.29, 0.717) is 11.0 Å². The summed E-state index contributed by atoms with van der Waals surface area (Å²) in [5.74, 6) is 1.24. The maximum atomic E-state index is 8.84. The molecule has 1 heterocycles. The first kappa shape index (κ1) is 10.8. The first-order valence-corrected chi connectivity index (χ1v) is 5.90. The molecule has 74 valence electrons. The van der Waals surface area contributed by atoms with E-state index in [0.717, 1.165) is 15.7 Å². The molecule has 0 fully saturated rings. The molecule has 13 heavy (non-hydrogen) atoms. The van der Waals surface area contributed by atoms with E-state index >= 15 is 0 Å². The van der Waals surface area contributed by atoms with E-state index in [1.807, 2.05) is 13.8 Å². The summed E-state index contributed by atoms with van der Waals surface area (Å²) in [7, 11) is 0. The Morgan fingerprint density at radius 3 is 2.85 bits per heavy atom. The third-order valence-electron chi connectivity index (χ3n) is 1.58. The first-order chi connectivity index (χ1) is 6.13. The summed E-state index contributed by atoms with van der Waals surface area (Å²) >= 11 is 3.23. The molecule has 0 saturated carbocycles. The Balaban J connectivity index is 2.49. The molecule has 0 aromatic carbocycles. The van der Waals surface area contributed by atoms with E-state index in [2.05, 4.69) is 4.98 Å². The van der Waals surface area contributed by atoms with Crippen molar-refractivity contribution in [2.24, 2.45) is 5.92 Å². The maximum Gasteiger partial charge on any atom is 0.181 e. The van der Waals surface area contributed by atoms with Gasteiger partial charge in [0.2, 0.25) is 0 Å². The minimum absolute atomic E-state index is 0.236. The molecule has 1 rings (SSSR count). The highest BCUT2D eigenvalue weighted by Crippen LogP contribution is 2.31. The molecular formula is C8H14N2OS2. The lowest BCUT2D eigenvalue weighted by Gasteiger charge is -2.05. The van der Waals surface area contributed by atoms with Crippen molar-refractivity contribution in [3.8, 4) is 0 Å². The van der Waals surface area contributed by atoms with Gasteiger partial charge < -0.3 is 10.8 Å². The monoisotopic (exact) mass is 218 g/mol. The number of aromatic nitrogens is 1. The fourth-order valence-electron chi connectivity index (χ4n) is 0.807. The average Bonchev–Trinajstić information content (AvgIpc) is 2.41. The number of hydrogen-bond donors (Lipinski definition) is 2. The predicted octanol–water partition coefficient (Wildman–Crippen LogP) is 1.75. The second kappa shape index (κ2) is 4.83. The first-order valence-electron chi connectivity index (χ1n) is 4.10. The summed E-state index contributed by atoms with van der Waals surface area (Å²) in [4.78, 5) is 4.13. The highest BCUT2D eigenvalue weighted by molar-refractivity contribution is 8.01. The molecule has 1 atom stereocenters. The number of rotatable bonds is 4. The molecule has 1 aromatic rings. The van der Waals surface area contributed by atoms with Crippen LogP contribution in [0, 0.1) is 12.8 Å². The van der Waals surface area contributed by atoms with Crippen LogP contribution < -0.4 is 5.73 Å². The van der Waals surface area contributed by atoms with Crippen LogP contribution in [0.25, 0.3) is 0 Å². The highest BCUT2D eigenvalue weighted by Gasteiger charge is 2.07. The van der Waals surface area contributed by atoms with Crippen LogP contribution in [0.3, 0.4) is 0 Å². The van der Waals surface area contributed by atoms with Crippen LogP contribution in [0.15, 0.2) is 4.21 Å². The fraction of sp³-hybridized carbons (Fsp3) is 0.625. The van der Waals surface area contributed by atoms with Gasteiger partial charge in [0.25, 0.3) is 0 Å². The van der Waals surface area contributed by atoms with Crippen LogP contribution >= 0.6 is 23.1 Å². The number of aliphatic hydroxyl groups excluding tert-OH is 1. The van der Waals surface area contributed by atoms with Gasteiger partial charge in [0.05, 0.1) is 9.90 Å². The quantitative estimate of drug-likeness (QED) is 0.756. The van der Waals surface area contributed by atoms with Crippen LogP contribution in [-0.2, 0) is 0 Å². The summed E-state index contributed by atoms with van der Waals surface area (Å²) < 4.78 is 1.16. The number of nitrogen functional groups attached to an aromatic ring is 1. The van der Waals surface area contributed by atoms with Gasteiger partial charge in [-0.05, 0) is 12.8 Å². The van der Waals surface area contributed by atoms with Crippen LogP contribution in [0.4, 0.5) is 5.13 Å². The van der Waals surface area contributed by atoms with Gasteiger partial charge in [-0.1, -0.05) is 18.3 Å². The molecule has 0 aliphatic heterocycles. The number of nitrogens with two attached hydrogens (primary N) is 1. The Kier molecular flexibility index (Phi) is 4.02. The summed E-state index contributed by atoms with van der Waals surface area (Å²) in [6.07, 6.45) is 0. The number of hydrogen-bond acceptors (Lipinski definition) is 5. The molecule has 5 heteroatoms. The summed E-state index contributed by atoms with van der Waals surface area (Å²) in [5.41, 5.74) is 6.56. The Hall–Kier alpha value is -0.260. The minimum atomic E-state index is 0.236. The van der Waals surface area contributed by atoms with Gasteiger partial charge in [-0.2, -0.15) is 0 Å². The number of anilines is 1. The Labute approximate surface area is 86.4 Å². The number of aliphatic hydroxyl groups is 1. The van der Waals surface area contributed by atoms with Crippen LogP contribution in [0.1, 0.15) is 12.6 Å². The largest absolute Gasteiger partial charge is 0.396 e. The van der Waals surface area contributed by atoms with E-state index in [1.165, 1.54) is 11.3 Å². The smallest absolute Gasteiger partial charge is 0.181 e. The van der Waals surface area contributed by atoms with Crippen LogP contribution in [-0.4, -0.2) is 22.5 Å². The molecule has 0 saturated heterocycles. The molecule has 0 spiro atoms. The van der Waals surface area contributed by atoms with Gasteiger partial charge in [-0.15, -0.1) is 11.8 Å². The minimum Gasteiger partial charge on any atom is -0.396 e. The molecule has 0 radical (unpaired) electrons. The van der Waals surface area contributed by atoms with Crippen molar-refractivity contribution in [1.82, 2.24) is 4.98 Å². The van der Waals surface area contributed by atoms with Gasteiger partial charge in [-0.25, -0.2) is 4.98 Å². The van der Waals surface area contributed by atoms with E-state index < -0.39 is 0 Å². The second-order valence-electron chi connectivity index (χ2n) is 3.02. The van der Waals surface area contributed by atoms with Crippen molar-refractivity contribution < 1.29 is 5.11 Å². The van der Waals surface area contributed by atoms with E-state index in [4.69, 9.17) is 10.8 Å². The van der Waals surface area contributed by atoms with Gasteiger partial charge >= 0.3 is 0 Å². The molecule has 0 amide bonds. The van der Waals surface area contributed by atoms with Crippen LogP contribution in [0.2, 0.25) is 0 Å². The topological polar surface area (TPSA) is 59.1 Å². The standard InChI is InChI=1S/C8H14N2OS2/c1-5(3-11)4-12-7-6(2)10-8(9)13-7/h5,11H,3-4H2,1-2H3,(H2,9,10). The predicted molar refractivity (Wildman–Crippen MR) is 58.2 cm³/mol. The molecule has 0 aliphatic carbocycles. The number of thiazole rings is 1. The number of thioether (sulfide) groups is 1. The van der Waals surface area contributed by atoms with Crippen molar-refractivity contribution in [2.45, 2.75) is 18.1 Å². The third-order valence-corrected chi connectivity index (χ3v) is 4.26. The average molecular weight is 218 g/mol. The lowest BCUT2D eigenvalue weighted by Crippen LogP contribution is -2.02. The Bertz CT molecular complexity index is 275. The molecular weight excluding hydrogens is 204 g/mol. The van der Waals surface area contributed by atoms with Crippen LogP contribution in [0.5, 0.6) is 0 Å².